The van der Waals surface area contributed by atoms with E-state index in [0.717, 1.165) is 10.4 Å². The number of alkyl halides is 1. The zero-order valence-corrected chi connectivity index (χ0v) is 18.0. The summed E-state index contributed by atoms with van der Waals surface area (Å²) < 4.78 is 13.2. The molecule has 1 heterocycles. The summed E-state index contributed by atoms with van der Waals surface area (Å²) in [5.74, 6) is -0.509. The fourth-order valence-electron chi connectivity index (χ4n) is 2.82. The van der Waals surface area contributed by atoms with Gasteiger partial charge < -0.3 is 9.80 Å². The van der Waals surface area contributed by atoms with Crippen LogP contribution in [0, 0.1) is 11.7 Å². The van der Waals surface area contributed by atoms with Crippen molar-refractivity contribution in [2.75, 3.05) is 13.1 Å². The van der Waals surface area contributed by atoms with Gasteiger partial charge in [-0.2, -0.15) is 0 Å². The maximum atomic E-state index is 13.2. The van der Waals surface area contributed by atoms with Gasteiger partial charge in [0.05, 0.1) is 13.1 Å². The molecule has 1 aromatic heterocycles. The molecule has 2 amide bonds. The van der Waals surface area contributed by atoms with Crippen LogP contribution in [0.15, 0.2) is 41.8 Å². The number of thiophene rings is 1. The lowest BCUT2D eigenvalue weighted by molar-refractivity contribution is -0.141. The summed E-state index contributed by atoms with van der Waals surface area (Å²) in [5.41, 5.74) is 0.832. The molecule has 0 unspecified atom stereocenters. The topological polar surface area (TPSA) is 40.6 Å². The van der Waals surface area contributed by atoms with E-state index in [9.17, 15) is 14.0 Å². The number of hydrogen-bond donors (Lipinski definition) is 0. The summed E-state index contributed by atoms with van der Waals surface area (Å²) in [6, 6.07) is 10.0. The summed E-state index contributed by atoms with van der Waals surface area (Å²) in [6.45, 7) is 6.82. The lowest BCUT2D eigenvalue weighted by Gasteiger charge is -2.29. The van der Waals surface area contributed by atoms with Gasteiger partial charge in [0.2, 0.25) is 11.8 Å². The van der Waals surface area contributed by atoms with E-state index in [4.69, 9.17) is 11.6 Å². The Morgan fingerprint density at radius 1 is 1.07 bits per heavy atom. The lowest BCUT2D eigenvalue weighted by atomic mass is 10.2. The fraction of sp³-hybridized carbons (Fsp3) is 0.429. The highest BCUT2D eigenvalue weighted by Gasteiger charge is 2.25. The smallest absolute Gasteiger partial charge is 0.242 e. The molecular formula is C21H26ClFN2O2S. The number of carbonyl (C=O) groups is 2. The Hall–Kier alpha value is -1.92. The number of hydrogen-bond acceptors (Lipinski definition) is 3. The molecular weight excluding hydrogens is 399 g/mol. The van der Waals surface area contributed by atoms with Gasteiger partial charge in [-0.15, -0.1) is 22.9 Å². The molecule has 0 fully saturated rings. The van der Waals surface area contributed by atoms with E-state index in [1.807, 2.05) is 31.4 Å². The Balaban J connectivity index is 2.18. The van der Waals surface area contributed by atoms with Crippen LogP contribution in [-0.2, 0) is 22.7 Å². The standard InChI is InChI=1S/C21H26ClFN2O2S/c1-15(2)11-25(21(27)16(3)22)14-20(26)24(13-19-5-4-10-28-19)12-17-6-8-18(23)9-7-17/h4-10,15-16H,11-14H2,1-3H3/t16-/m1/s1. The molecule has 2 rings (SSSR count). The highest BCUT2D eigenvalue weighted by Crippen LogP contribution is 2.16. The van der Waals surface area contributed by atoms with Crippen LogP contribution in [0.2, 0.25) is 0 Å². The van der Waals surface area contributed by atoms with E-state index in [1.54, 1.807) is 35.3 Å². The number of carbonyl (C=O) groups excluding carboxylic acids is 2. The number of rotatable bonds is 9. The van der Waals surface area contributed by atoms with Crippen LogP contribution in [0.3, 0.4) is 0 Å². The van der Waals surface area contributed by atoms with Gasteiger partial charge in [0.25, 0.3) is 0 Å². The predicted octanol–water partition coefficient (Wildman–Crippen LogP) is 4.53. The minimum absolute atomic E-state index is 0.0271. The number of benzene rings is 1. The van der Waals surface area contributed by atoms with Crippen molar-refractivity contribution in [3.63, 3.8) is 0 Å². The second-order valence-electron chi connectivity index (χ2n) is 7.18. The molecule has 0 saturated carbocycles. The van der Waals surface area contributed by atoms with E-state index < -0.39 is 5.38 Å². The minimum Gasteiger partial charge on any atom is -0.332 e. The van der Waals surface area contributed by atoms with Crippen molar-refractivity contribution in [3.05, 3.63) is 58.0 Å². The lowest BCUT2D eigenvalue weighted by Crippen LogP contribution is -2.45. The van der Waals surface area contributed by atoms with E-state index in [1.165, 1.54) is 17.0 Å². The fourth-order valence-corrected chi connectivity index (χ4v) is 3.68. The van der Waals surface area contributed by atoms with E-state index in [-0.39, 0.29) is 30.1 Å². The Labute approximate surface area is 174 Å². The Morgan fingerprint density at radius 2 is 1.75 bits per heavy atom. The van der Waals surface area contributed by atoms with Gasteiger partial charge in [0.1, 0.15) is 11.2 Å². The first kappa shape index (κ1) is 22.4. The van der Waals surface area contributed by atoms with Crippen molar-refractivity contribution in [3.8, 4) is 0 Å². The highest BCUT2D eigenvalue weighted by molar-refractivity contribution is 7.09. The van der Waals surface area contributed by atoms with Crippen LogP contribution in [0.5, 0.6) is 0 Å². The van der Waals surface area contributed by atoms with Crippen molar-refractivity contribution in [2.24, 2.45) is 5.92 Å². The zero-order chi connectivity index (χ0) is 20.7. The predicted molar refractivity (Wildman–Crippen MR) is 112 cm³/mol. The quantitative estimate of drug-likeness (QED) is 0.555. The molecule has 4 nitrogen and oxygen atoms in total. The molecule has 0 spiro atoms. The maximum Gasteiger partial charge on any atom is 0.242 e. The molecule has 7 heteroatoms. The van der Waals surface area contributed by atoms with Crippen molar-refractivity contribution in [1.29, 1.82) is 0 Å². The average Bonchev–Trinajstić information content (AvgIpc) is 3.14. The third-order valence-electron chi connectivity index (χ3n) is 4.13. The molecule has 0 aliphatic heterocycles. The molecule has 0 aliphatic rings. The molecule has 0 saturated heterocycles. The summed E-state index contributed by atoms with van der Waals surface area (Å²) in [7, 11) is 0. The first-order chi connectivity index (χ1) is 13.3. The third-order valence-corrected chi connectivity index (χ3v) is 5.18. The van der Waals surface area contributed by atoms with Gasteiger partial charge in [-0.25, -0.2) is 4.39 Å². The van der Waals surface area contributed by atoms with Crippen LogP contribution in [0.4, 0.5) is 4.39 Å². The van der Waals surface area contributed by atoms with Crippen molar-refractivity contribution >= 4 is 34.8 Å². The van der Waals surface area contributed by atoms with Crippen LogP contribution in [0.1, 0.15) is 31.2 Å². The van der Waals surface area contributed by atoms with Crippen molar-refractivity contribution in [1.82, 2.24) is 9.80 Å². The molecule has 0 bridgehead atoms. The molecule has 0 radical (unpaired) electrons. The zero-order valence-electron chi connectivity index (χ0n) is 16.4. The molecule has 0 aliphatic carbocycles. The van der Waals surface area contributed by atoms with Gasteiger partial charge >= 0.3 is 0 Å². The van der Waals surface area contributed by atoms with Crippen LogP contribution < -0.4 is 0 Å². The van der Waals surface area contributed by atoms with Crippen LogP contribution in [0.25, 0.3) is 0 Å². The van der Waals surface area contributed by atoms with E-state index in [2.05, 4.69) is 0 Å². The SMILES string of the molecule is CC(C)CN(CC(=O)N(Cc1ccc(F)cc1)Cc1cccs1)C(=O)[C@@H](C)Cl. The summed E-state index contributed by atoms with van der Waals surface area (Å²) >= 11 is 7.55. The normalized spacial score (nSPS) is 12.1. The number of nitrogens with zero attached hydrogens (tertiary/aromatic N) is 2. The van der Waals surface area contributed by atoms with Crippen molar-refractivity contribution < 1.29 is 14.0 Å². The van der Waals surface area contributed by atoms with Crippen molar-refractivity contribution in [2.45, 2.75) is 39.2 Å². The molecule has 28 heavy (non-hydrogen) atoms. The first-order valence-electron chi connectivity index (χ1n) is 9.23. The molecule has 152 valence electrons. The molecule has 1 atom stereocenters. The summed E-state index contributed by atoms with van der Waals surface area (Å²) in [6.07, 6.45) is 0. The van der Waals surface area contributed by atoms with Crippen LogP contribution in [-0.4, -0.2) is 40.1 Å². The minimum atomic E-state index is -0.686. The largest absolute Gasteiger partial charge is 0.332 e. The monoisotopic (exact) mass is 424 g/mol. The van der Waals surface area contributed by atoms with Crippen LogP contribution >= 0.6 is 22.9 Å². The second kappa shape index (κ2) is 10.6. The Morgan fingerprint density at radius 3 is 2.29 bits per heavy atom. The van der Waals surface area contributed by atoms with E-state index >= 15 is 0 Å². The Bertz CT molecular complexity index is 763. The first-order valence-corrected chi connectivity index (χ1v) is 10.5. The molecule has 0 N–H and O–H groups in total. The maximum absolute atomic E-state index is 13.2. The third kappa shape index (κ3) is 6.91. The second-order valence-corrected chi connectivity index (χ2v) is 8.87. The number of halogens is 2. The van der Waals surface area contributed by atoms with Gasteiger partial charge in [-0.1, -0.05) is 32.0 Å². The summed E-state index contributed by atoms with van der Waals surface area (Å²) in [5, 5.41) is 1.27. The van der Waals surface area contributed by atoms with Gasteiger partial charge in [0, 0.05) is 18.0 Å². The summed E-state index contributed by atoms with van der Waals surface area (Å²) in [4.78, 5) is 29.8. The average molecular weight is 425 g/mol. The number of amides is 2. The van der Waals surface area contributed by atoms with Gasteiger partial charge in [-0.05, 0) is 42.0 Å². The van der Waals surface area contributed by atoms with E-state index in [0.29, 0.717) is 19.6 Å². The van der Waals surface area contributed by atoms with Gasteiger partial charge in [-0.3, -0.25) is 9.59 Å². The molecule has 2 aromatic rings. The van der Waals surface area contributed by atoms with Gasteiger partial charge in [0.15, 0.2) is 0 Å². The molecule has 1 aromatic carbocycles. The highest BCUT2D eigenvalue weighted by atomic mass is 35.5. The Kier molecular flexibility index (Phi) is 8.45.